The molecule has 1 unspecified atom stereocenters. The molecule has 0 radical (unpaired) electrons. The number of thiophene rings is 1. The number of halogens is 3. The molecule has 0 saturated carbocycles. The molecule has 2 rings (SSSR count). The molecule has 2 aromatic rings. The Kier molecular flexibility index (Phi) is 4.93. The van der Waals surface area contributed by atoms with Gasteiger partial charge in [0.1, 0.15) is 0 Å². The van der Waals surface area contributed by atoms with Crippen LogP contribution in [-0.4, -0.2) is 0 Å². The van der Waals surface area contributed by atoms with Crippen LogP contribution in [0.5, 0.6) is 0 Å². The molecule has 5 heteroatoms. The normalized spacial score (nSPS) is 12.7. The van der Waals surface area contributed by atoms with Crippen LogP contribution < -0.4 is 5.32 Å². The van der Waals surface area contributed by atoms with E-state index >= 15 is 0 Å². The van der Waals surface area contributed by atoms with Crippen LogP contribution in [0, 0.1) is 0 Å². The molecule has 0 saturated heterocycles. The number of hydrogen-bond donors (Lipinski definition) is 1. The van der Waals surface area contributed by atoms with Crippen molar-refractivity contribution in [3.05, 3.63) is 55.2 Å². The van der Waals surface area contributed by atoms with Crippen molar-refractivity contribution in [2.75, 3.05) is 0 Å². The van der Waals surface area contributed by atoms with E-state index in [0.717, 1.165) is 5.56 Å². The topological polar surface area (TPSA) is 12.0 Å². The molecule has 1 nitrogen and oxygen atoms in total. The summed E-state index contributed by atoms with van der Waals surface area (Å²) >= 11 is 20.0. The summed E-state index contributed by atoms with van der Waals surface area (Å²) in [6, 6.07) is 5.83. The lowest BCUT2D eigenvalue weighted by atomic mass is 10.1. The van der Waals surface area contributed by atoms with E-state index in [1.165, 1.54) is 5.56 Å². The Labute approximate surface area is 126 Å². The van der Waals surface area contributed by atoms with Crippen LogP contribution in [0.4, 0.5) is 0 Å². The van der Waals surface area contributed by atoms with Crippen molar-refractivity contribution in [3.63, 3.8) is 0 Å². The Morgan fingerprint density at radius 1 is 1.17 bits per heavy atom. The van der Waals surface area contributed by atoms with E-state index in [2.05, 4.69) is 29.1 Å². The molecule has 18 heavy (non-hydrogen) atoms. The highest BCUT2D eigenvalue weighted by Gasteiger charge is 2.11. The van der Waals surface area contributed by atoms with Gasteiger partial charge >= 0.3 is 0 Å². The van der Waals surface area contributed by atoms with Crippen LogP contribution in [0.2, 0.25) is 15.1 Å². The van der Waals surface area contributed by atoms with Crippen molar-refractivity contribution in [1.82, 2.24) is 5.32 Å². The van der Waals surface area contributed by atoms with Crippen LogP contribution in [0.3, 0.4) is 0 Å². The van der Waals surface area contributed by atoms with E-state index in [1.807, 2.05) is 0 Å². The first-order chi connectivity index (χ1) is 8.59. The lowest BCUT2D eigenvalue weighted by Crippen LogP contribution is -2.18. The lowest BCUT2D eigenvalue weighted by Gasteiger charge is -2.14. The first-order valence-corrected chi connectivity index (χ1v) is 7.55. The number of rotatable bonds is 4. The molecule has 0 fully saturated rings. The van der Waals surface area contributed by atoms with E-state index in [1.54, 1.807) is 23.5 Å². The van der Waals surface area contributed by atoms with E-state index in [-0.39, 0.29) is 6.04 Å². The van der Waals surface area contributed by atoms with Gasteiger partial charge in [-0.3, -0.25) is 0 Å². The van der Waals surface area contributed by atoms with E-state index in [0.29, 0.717) is 21.6 Å². The van der Waals surface area contributed by atoms with Gasteiger partial charge < -0.3 is 5.32 Å². The maximum Gasteiger partial charge on any atom is 0.0652 e. The third kappa shape index (κ3) is 3.19. The summed E-state index contributed by atoms with van der Waals surface area (Å²) in [6.45, 7) is 2.70. The Morgan fingerprint density at radius 3 is 2.56 bits per heavy atom. The number of hydrogen-bond acceptors (Lipinski definition) is 2. The van der Waals surface area contributed by atoms with Gasteiger partial charge in [-0.1, -0.05) is 34.8 Å². The Morgan fingerprint density at radius 2 is 1.89 bits per heavy atom. The molecule has 0 amide bonds. The van der Waals surface area contributed by atoms with Gasteiger partial charge in [0.2, 0.25) is 0 Å². The van der Waals surface area contributed by atoms with Crippen molar-refractivity contribution < 1.29 is 0 Å². The van der Waals surface area contributed by atoms with Gasteiger partial charge in [-0.25, -0.2) is 0 Å². The summed E-state index contributed by atoms with van der Waals surface area (Å²) in [5.74, 6) is 0. The van der Waals surface area contributed by atoms with Crippen LogP contribution in [0.25, 0.3) is 0 Å². The summed E-state index contributed by atoms with van der Waals surface area (Å²) in [5, 5.41) is 9.26. The first kappa shape index (κ1) is 14.2. The maximum atomic E-state index is 6.15. The first-order valence-electron chi connectivity index (χ1n) is 5.47. The zero-order valence-electron chi connectivity index (χ0n) is 9.71. The summed E-state index contributed by atoms with van der Waals surface area (Å²) in [7, 11) is 0. The quantitative estimate of drug-likeness (QED) is 0.727. The molecule has 1 aromatic carbocycles. The third-order valence-electron chi connectivity index (χ3n) is 2.77. The Hall–Kier alpha value is -0.250. The number of benzene rings is 1. The van der Waals surface area contributed by atoms with Gasteiger partial charge in [0.05, 0.1) is 10.0 Å². The highest BCUT2D eigenvalue weighted by Crippen LogP contribution is 2.31. The average molecular weight is 321 g/mol. The van der Waals surface area contributed by atoms with Crippen molar-refractivity contribution in [2.45, 2.75) is 19.5 Å². The smallest absolute Gasteiger partial charge is 0.0652 e. The largest absolute Gasteiger partial charge is 0.306 e. The molecule has 0 spiro atoms. The van der Waals surface area contributed by atoms with Gasteiger partial charge in [-0.05, 0) is 41.4 Å². The molecule has 0 aliphatic rings. The van der Waals surface area contributed by atoms with Crippen molar-refractivity contribution in [1.29, 1.82) is 0 Å². The van der Waals surface area contributed by atoms with Crippen molar-refractivity contribution in [3.8, 4) is 0 Å². The molecule has 0 bridgehead atoms. The standard InChI is InChI=1S/C13H12Cl3NS/c1-8(9-4-5-18-7-9)17-6-10-11(14)2-3-12(15)13(10)16/h2-5,7-8,17H,6H2,1H3. The lowest BCUT2D eigenvalue weighted by molar-refractivity contribution is 0.576. The molecule has 0 aliphatic carbocycles. The fourth-order valence-corrected chi connectivity index (χ4v) is 3.06. The number of nitrogens with one attached hydrogen (secondary N) is 1. The summed E-state index contributed by atoms with van der Waals surface area (Å²) in [5.41, 5.74) is 2.10. The molecular formula is C13H12Cl3NS. The Balaban J connectivity index is 2.09. The van der Waals surface area contributed by atoms with Gasteiger partial charge in [0.25, 0.3) is 0 Å². The zero-order valence-corrected chi connectivity index (χ0v) is 12.8. The monoisotopic (exact) mass is 319 g/mol. The van der Waals surface area contributed by atoms with E-state index < -0.39 is 0 Å². The summed E-state index contributed by atoms with van der Waals surface area (Å²) in [6.07, 6.45) is 0. The second-order valence-corrected chi connectivity index (χ2v) is 5.95. The predicted octanol–water partition coefficient (Wildman–Crippen LogP) is 5.56. The van der Waals surface area contributed by atoms with E-state index in [9.17, 15) is 0 Å². The Bertz CT molecular complexity index is 525. The van der Waals surface area contributed by atoms with Gasteiger partial charge in [-0.2, -0.15) is 11.3 Å². The molecule has 1 atom stereocenters. The second-order valence-electron chi connectivity index (χ2n) is 3.98. The predicted molar refractivity (Wildman–Crippen MR) is 81.0 cm³/mol. The minimum atomic E-state index is 0.252. The second kappa shape index (κ2) is 6.27. The molecule has 96 valence electrons. The van der Waals surface area contributed by atoms with Gasteiger partial charge in [0.15, 0.2) is 0 Å². The third-order valence-corrected chi connectivity index (χ3v) is 4.67. The summed E-state index contributed by atoms with van der Waals surface area (Å²) in [4.78, 5) is 0. The fourth-order valence-electron chi connectivity index (χ4n) is 1.63. The highest BCUT2D eigenvalue weighted by molar-refractivity contribution is 7.07. The molecule has 1 aromatic heterocycles. The molecule has 1 N–H and O–H groups in total. The minimum absolute atomic E-state index is 0.252. The molecular weight excluding hydrogens is 309 g/mol. The zero-order chi connectivity index (χ0) is 13.1. The van der Waals surface area contributed by atoms with Crippen molar-refractivity contribution >= 4 is 46.1 Å². The molecule has 0 aliphatic heterocycles. The van der Waals surface area contributed by atoms with Crippen LogP contribution in [0.1, 0.15) is 24.1 Å². The van der Waals surface area contributed by atoms with Crippen LogP contribution in [0.15, 0.2) is 29.0 Å². The fraction of sp³-hybridized carbons (Fsp3) is 0.231. The molecule has 1 heterocycles. The maximum absolute atomic E-state index is 6.15. The summed E-state index contributed by atoms with van der Waals surface area (Å²) < 4.78 is 0. The highest BCUT2D eigenvalue weighted by atomic mass is 35.5. The van der Waals surface area contributed by atoms with Gasteiger partial charge in [-0.15, -0.1) is 0 Å². The van der Waals surface area contributed by atoms with E-state index in [4.69, 9.17) is 34.8 Å². The minimum Gasteiger partial charge on any atom is -0.306 e. The van der Waals surface area contributed by atoms with Crippen LogP contribution >= 0.6 is 46.1 Å². The SMILES string of the molecule is CC(NCc1c(Cl)ccc(Cl)c1Cl)c1ccsc1. The van der Waals surface area contributed by atoms with Crippen LogP contribution in [-0.2, 0) is 6.54 Å². The average Bonchev–Trinajstić information content (AvgIpc) is 2.87. The van der Waals surface area contributed by atoms with Crippen molar-refractivity contribution in [2.24, 2.45) is 0 Å². The van der Waals surface area contributed by atoms with Gasteiger partial charge in [0, 0.05) is 23.2 Å².